The first-order valence-electron chi connectivity index (χ1n) is 13.6. The summed E-state index contributed by atoms with van der Waals surface area (Å²) in [6.07, 6.45) is 24.6. The monoisotopic (exact) mass is 482 g/mol. The molecule has 0 saturated carbocycles. The van der Waals surface area contributed by atoms with Gasteiger partial charge in [-0.05, 0) is 76.2 Å². The summed E-state index contributed by atoms with van der Waals surface area (Å²) in [4.78, 5) is 24.4. The van der Waals surface area contributed by atoms with Crippen molar-refractivity contribution in [3.8, 4) is 0 Å². The van der Waals surface area contributed by atoms with Crippen molar-refractivity contribution in [1.82, 2.24) is 5.32 Å². The fourth-order valence-corrected chi connectivity index (χ4v) is 4.17. The van der Waals surface area contributed by atoms with Crippen molar-refractivity contribution in [1.29, 1.82) is 0 Å². The van der Waals surface area contributed by atoms with Gasteiger partial charge in [-0.2, -0.15) is 0 Å². The van der Waals surface area contributed by atoms with E-state index in [0.29, 0.717) is 25.2 Å². The van der Waals surface area contributed by atoms with Crippen LogP contribution < -0.4 is 11.1 Å². The molecule has 1 aliphatic rings. The van der Waals surface area contributed by atoms with E-state index in [2.05, 4.69) is 76.0 Å². The molecule has 0 saturated heterocycles. The highest BCUT2D eigenvalue weighted by atomic mass is 16.2. The Hall–Kier alpha value is -2.36. The lowest BCUT2D eigenvalue weighted by Crippen LogP contribution is -2.44. The third-order valence-corrected chi connectivity index (χ3v) is 6.74. The maximum Gasteiger partial charge on any atom is 0.240 e. The molecule has 0 bridgehead atoms. The minimum Gasteiger partial charge on any atom is -0.368 e. The summed E-state index contributed by atoms with van der Waals surface area (Å²) in [6.45, 7) is 12.9. The first kappa shape index (κ1) is 30.7. The number of nitrogens with two attached hydrogens (primary N) is 1. The van der Waals surface area contributed by atoms with Gasteiger partial charge in [0, 0.05) is 12.8 Å². The Labute approximate surface area is 214 Å². The van der Waals surface area contributed by atoms with Gasteiger partial charge in [0.25, 0.3) is 0 Å². The largest absolute Gasteiger partial charge is 0.368 e. The standard InChI is InChI=1S/C31H50N2O2/c1-6-25(4)15-11-17-27-19-21-28(22-20-27)23-29(31(32)35)33-30(34)18-12-16-26(5)14-10-8-7-9-13-24(2)3/h10,13-14,19,21-22,25,27,29H,5-9,11-12,15-18,20,23H2,1-4H3,(H2,32,35)(H,33,34)/b14-10-. The zero-order chi connectivity index (χ0) is 26.1. The van der Waals surface area contributed by atoms with Crippen LogP contribution in [0.5, 0.6) is 0 Å². The Balaban J connectivity index is 2.32. The molecule has 0 aliphatic heterocycles. The average molecular weight is 483 g/mol. The second-order valence-corrected chi connectivity index (χ2v) is 10.4. The van der Waals surface area contributed by atoms with Crippen molar-refractivity contribution in [2.24, 2.45) is 17.6 Å². The number of allylic oxidation sites excluding steroid dienone is 8. The number of carbonyl (C=O) groups is 2. The van der Waals surface area contributed by atoms with Crippen LogP contribution in [0.1, 0.15) is 105 Å². The van der Waals surface area contributed by atoms with Gasteiger partial charge in [-0.15, -0.1) is 0 Å². The fourth-order valence-electron chi connectivity index (χ4n) is 4.17. The van der Waals surface area contributed by atoms with Crippen LogP contribution in [-0.2, 0) is 9.59 Å². The Kier molecular flexibility index (Phi) is 15.8. The summed E-state index contributed by atoms with van der Waals surface area (Å²) >= 11 is 0. The van der Waals surface area contributed by atoms with Crippen LogP contribution in [0.25, 0.3) is 0 Å². The van der Waals surface area contributed by atoms with Gasteiger partial charge in [0.2, 0.25) is 11.8 Å². The lowest BCUT2D eigenvalue weighted by atomic mass is 9.88. The van der Waals surface area contributed by atoms with Gasteiger partial charge in [0.05, 0.1) is 0 Å². The summed E-state index contributed by atoms with van der Waals surface area (Å²) < 4.78 is 0. The van der Waals surface area contributed by atoms with Crippen molar-refractivity contribution < 1.29 is 9.59 Å². The van der Waals surface area contributed by atoms with Crippen LogP contribution in [0.2, 0.25) is 0 Å². The molecule has 3 unspecified atom stereocenters. The highest BCUT2D eigenvalue weighted by Crippen LogP contribution is 2.25. The maximum absolute atomic E-state index is 12.4. The number of hydrogen-bond acceptors (Lipinski definition) is 2. The number of primary amides is 1. The molecule has 35 heavy (non-hydrogen) atoms. The molecule has 4 nitrogen and oxygen atoms in total. The van der Waals surface area contributed by atoms with Crippen LogP contribution in [0.3, 0.4) is 0 Å². The summed E-state index contributed by atoms with van der Waals surface area (Å²) in [7, 11) is 0. The number of unbranched alkanes of at least 4 members (excludes halogenated alkanes) is 2. The summed E-state index contributed by atoms with van der Waals surface area (Å²) in [5, 5.41) is 2.84. The van der Waals surface area contributed by atoms with Crippen LogP contribution in [0.4, 0.5) is 0 Å². The van der Waals surface area contributed by atoms with Gasteiger partial charge >= 0.3 is 0 Å². The number of rotatable bonds is 18. The normalized spacial score (nSPS) is 17.0. The van der Waals surface area contributed by atoms with Gasteiger partial charge in [0.1, 0.15) is 6.04 Å². The second kappa shape index (κ2) is 18.0. The van der Waals surface area contributed by atoms with E-state index in [-0.39, 0.29) is 5.91 Å². The number of amides is 2. The molecule has 0 aromatic carbocycles. The third kappa shape index (κ3) is 15.3. The van der Waals surface area contributed by atoms with E-state index in [9.17, 15) is 9.59 Å². The average Bonchev–Trinajstić information content (AvgIpc) is 2.81. The molecule has 4 heteroatoms. The number of nitrogens with one attached hydrogen (secondary N) is 1. The third-order valence-electron chi connectivity index (χ3n) is 6.74. The van der Waals surface area contributed by atoms with Crippen molar-refractivity contribution in [3.63, 3.8) is 0 Å². The zero-order valence-corrected chi connectivity index (χ0v) is 22.8. The molecule has 0 heterocycles. The molecule has 0 spiro atoms. The Morgan fingerprint density at radius 1 is 1.20 bits per heavy atom. The summed E-state index contributed by atoms with van der Waals surface area (Å²) in [5.41, 5.74) is 9.06. The lowest BCUT2D eigenvalue weighted by molar-refractivity contribution is -0.127. The summed E-state index contributed by atoms with van der Waals surface area (Å²) in [5.74, 6) is 0.758. The summed E-state index contributed by atoms with van der Waals surface area (Å²) in [6, 6.07) is -0.663. The highest BCUT2D eigenvalue weighted by molar-refractivity contribution is 5.86. The Bertz CT molecular complexity index is 784. The Morgan fingerprint density at radius 2 is 1.97 bits per heavy atom. The minimum atomic E-state index is -0.663. The smallest absolute Gasteiger partial charge is 0.240 e. The van der Waals surface area contributed by atoms with E-state index in [0.717, 1.165) is 49.2 Å². The first-order valence-corrected chi connectivity index (χ1v) is 13.6. The van der Waals surface area contributed by atoms with Gasteiger partial charge in [-0.25, -0.2) is 0 Å². The highest BCUT2D eigenvalue weighted by Gasteiger charge is 2.20. The van der Waals surface area contributed by atoms with Crippen LogP contribution in [0, 0.1) is 11.8 Å². The predicted octanol–water partition coefficient (Wildman–Crippen LogP) is 7.48. The van der Waals surface area contributed by atoms with Crippen molar-refractivity contribution in [3.05, 3.63) is 59.8 Å². The SMILES string of the molecule is C=C(/C=C\CCCC=C(C)C)CCCC(=O)NC(CC1=CCC(CCCC(C)CC)C=C1)C(N)=O. The quantitative estimate of drug-likeness (QED) is 0.121. The topological polar surface area (TPSA) is 72.2 Å². The molecular formula is C31H50N2O2. The van der Waals surface area contributed by atoms with E-state index in [1.807, 2.05) is 0 Å². The molecule has 2 amide bonds. The van der Waals surface area contributed by atoms with E-state index in [1.165, 1.54) is 31.3 Å². The minimum absolute atomic E-state index is 0.129. The molecule has 0 aromatic rings. The zero-order valence-electron chi connectivity index (χ0n) is 22.8. The first-order chi connectivity index (χ1) is 16.7. The molecule has 1 aliphatic carbocycles. The van der Waals surface area contributed by atoms with E-state index in [4.69, 9.17) is 5.73 Å². The molecule has 0 fully saturated rings. The number of carbonyl (C=O) groups excluding carboxylic acids is 2. The molecule has 0 radical (unpaired) electrons. The molecule has 3 atom stereocenters. The lowest BCUT2D eigenvalue weighted by Gasteiger charge is -2.20. The predicted molar refractivity (Wildman–Crippen MR) is 150 cm³/mol. The fraction of sp³-hybridized carbons (Fsp3) is 0.613. The molecule has 3 N–H and O–H groups in total. The maximum atomic E-state index is 12.4. The Morgan fingerprint density at radius 3 is 2.60 bits per heavy atom. The second-order valence-electron chi connectivity index (χ2n) is 10.4. The van der Waals surface area contributed by atoms with E-state index < -0.39 is 11.9 Å². The van der Waals surface area contributed by atoms with Gasteiger partial charge in [-0.1, -0.05) is 87.3 Å². The van der Waals surface area contributed by atoms with E-state index >= 15 is 0 Å². The van der Waals surface area contributed by atoms with Gasteiger partial charge in [0.15, 0.2) is 0 Å². The van der Waals surface area contributed by atoms with Crippen molar-refractivity contribution in [2.75, 3.05) is 0 Å². The van der Waals surface area contributed by atoms with Gasteiger partial charge in [-0.3, -0.25) is 9.59 Å². The molecular weight excluding hydrogens is 432 g/mol. The van der Waals surface area contributed by atoms with Crippen molar-refractivity contribution >= 4 is 11.8 Å². The molecule has 0 aromatic heterocycles. The van der Waals surface area contributed by atoms with E-state index in [1.54, 1.807) is 0 Å². The van der Waals surface area contributed by atoms with Crippen LogP contribution in [0.15, 0.2) is 59.8 Å². The number of hydrogen-bond donors (Lipinski definition) is 2. The van der Waals surface area contributed by atoms with Crippen molar-refractivity contribution in [2.45, 2.75) is 111 Å². The molecule has 196 valence electrons. The van der Waals surface area contributed by atoms with Gasteiger partial charge < -0.3 is 11.1 Å². The van der Waals surface area contributed by atoms with Crippen LogP contribution in [-0.4, -0.2) is 17.9 Å². The molecule has 1 rings (SSSR count). The van der Waals surface area contributed by atoms with Crippen LogP contribution >= 0.6 is 0 Å².